The lowest BCUT2D eigenvalue weighted by molar-refractivity contribution is 1.18. The summed E-state index contributed by atoms with van der Waals surface area (Å²) < 4.78 is 4.70. The number of benzene rings is 7. The van der Waals surface area contributed by atoms with Crippen LogP contribution in [0.4, 0.5) is 0 Å². The number of fused-ring (bicyclic) bond motifs is 12. The van der Waals surface area contributed by atoms with Gasteiger partial charge in [-0.1, -0.05) is 84.9 Å². The van der Waals surface area contributed by atoms with Crippen molar-refractivity contribution >= 4 is 82.0 Å². The fourth-order valence-corrected chi connectivity index (χ4v) is 7.82. The summed E-state index contributed by atoms with van der Waals surface area (Å²) in [5.74, 6) is 0. The molecule has 4 aromatic heterocycles. The van der Waals surface area contributed by atoms with Crippen molar-refractivity contribution in [2.75, 3.05) is 0 Å². The van der Waals surface area contributed by atoms with E-state index in [2.05, 4.69) is 142 Å². The lowest BCUT2D eigenvalue weighted by atomic mass is 9.97. The Morgan fingerprint density at radius 2 is 1.11 bits per heavy atom. The standard InChI is InChI=1S/C42H24N4/c1-2-11-28(12-3-1)45-36-17-9-6-14-30(36)31-22-26(19-20-37(31)45)27-23-32-39-29-13-5-4-10-25(29)18-21-38(39)46-41(32)33(24-27)40-42(46)44-35-16-8-7-15-34(35)43-40/h1-24H. The molecule has 0 saturated carbocycles. The molecule has 7 aromatic carbocycles. The number of hydrogen-bond donors (Lipinski definition) is 0. The average molecular weight is 585 g/mol. The number of nitrogens with zero attached hydrogens (tertiary/aromatic N) is 4. The van der Waals surface area contributed by atoms with Crippen LogP contribution in [0.1, 0.15) is 0 Å². The molecular weight excluding hydrogens is 560 g/mol. The molecule has 46 heavy (non-hydrogen) atoms. The molecule has 0 aliphatic rings. The zero-order valence-corrected chi connectivity index (χ0v) is 24.6. The molecule has 11 rings (SSSR count). The van der Waals surface area contributed by atoms with Crippen molar-refractivity contribution in [3.8, 4) is 16.8 Å². The molecule has 0 atom stereocenters. The molecule has 0 bridgehead atoms. The maximum absolute atomic E-state index is 5.21. The van der Waals surface area contributed by atoms with E-state index in [-0.39, 0.29) is 0 Å². The number of hydrogen-bond acceptors (Lipinski definition) is 2. The first-order chi connectivity index (χ1) is 22.8. The summed E-state index contributed by atoms with van der Waals surface area (Å²) in [6.45, 7) is 0. The van der Waals surface area contributed by atoms with Crippen molar-refractivity contribution in [2.24, 2.45) is 0 Å². The first kappa shape index (κ1) is 24.1. The van der Waals surface area contributed by atoms with E-state index in [1.807, 2.05) is 12.1 Å². The van der Waals surface area contributed by atoms with Gasteiger partial charge in [-0.05, 0) is 82.6 Å². The number of aromatic nitrogens is 4. The highest BCUT2D eigenvalue weighted by Gasteiger charge is 2.23. The van der Waals surface area contributed by atoms with Gasteiger partial charge in [0.05, 0.1) is 33.1 Å². The Balaban J connectivity index is 1.28. The molecule has 0 spiro atoms. The summed E-state index contributed by atoms with van der Waals surface area (Å²) in [4.78, 5) is 10.4. The van der Waals surface area contributed by atoms with E-state index in [0.29, 0.717) is 0 Å². The van der Waals surface area contributed by atoms with Gasteiger partial charge < -0.3 is 4.57 Å². The first-order valence-corrected chi connectivity index (χ1v) is 15.7. The van der Waals surface area contributed by atoms with E-state index in [0.717, 1.165) is 38.8 Å². The highest BCUT2D eigenvalue weighted by atomic mass is 15.0. The Bertz CT molecular complexity index is 3010. The molecular formula is C42H24N4. The molecule has 0 aliphatic heterocycles. The van der Waals surface area contributed by atoms with E-state index in [1.165, 1.54) is 60.0 Å². The second-order valence-electron chi connectivity index (χ2n) is 12.2. The second kappa shape index (κ2) is 8.68. The predicted octanol–water partition coefficient (Wildman–Crippen LogP) is 10.7. The van der Waals surface area contributed by atoms with Gasteiger partial charge in [0.15, 0.2) is 5.65 Å². The SMILES string of the molecule is c1ccc(-n2c3ccccc3c3cc(-c4cc5c6nc7ccccc7nc6n6c7ccc8ccccc8c7c(c4)c56)ccc32)cc1. The molecule has 0 saturated heterocycles. The number of rotatable bonds is 2. The topological polar surface area (TPSA) is 35.1 Å². The Hall–Kier alpha value is -6.26. The Morgan fingerprint density at radius 3 is 2.00 bits per heavy atom. The molecule has 11 aromatic rings. The molecule has 0 unspecified atom stereocenters. The average Bonchev–Trinajstić information content (AvgIpc) is 3.75. The second-order valence-corrected chi connectivity index (χ2v) is 12.2. The minimum atomic E-state index is 0.905. The Kier molecular flexibility index (Phi) is 4.55. The molecule has 0 aliphatic carbocycles. The third kappa shape index (κ3) is 3.07. The molecule has 4 heterocycles. The molecule has 4 heteroatoms. The van der Waals surface area contributed by atoms with Gasteiger partial charge in [-0.15, -0.1) is 0 Å². The lowest BCUT2D eigenvalue weighted by Crippen LogP contribution is -1.92. The maximum atomic E-state index is 5.21. The van der Waals surface area contributed by atoms with E-state index in [1.54, 1.807) is 0 Å². The van der Waals surface area contributed by atoms with E-state index >= 15 is 0 Å². The van der Waals surface area contributed by atoms with Crippen LogP contribution in [0.25, 0.3) is 98.8 Å². The molecule has 212 valence electrons. The summed E-state index contributed by atoms with van der Waals surface area (Å²) >= 11 is 0. The third-order valence-electron chi connectivity index (χ3n) is 9.79. The fourth-order valence-electron chi connectivity index (χ4n) is 7.82. The van der Waals surface area contributed by atoms with Gasteiger partial charge in [0, 0.05) is 32.6 Å². The summed E-state index contributed by atoms with van der Waals surface area (Å²) in [5, 5.41) is 8.61. The van der Waals surface area contributed by atoms with Crippen molar-refractivity contribution < 1.29 is 0 Å². The van der Waals surface area contributed by atoms with Crippen LogP contribution in [0.2, 0.25) is 0 Å². The van der Waals surface area contributed by atoms with Crippen molar-refractivity contribution in [1.82, 2.24) is 18.9 Å². The smallest absolute Gasteiger partial charge is 0.165 e. The molecule has 0 N–H and O–H groups in total. The quantitative estimate of drug-likeness (QED) is 0.203. The van der Waals surface area contributed by atoms with Gasteiger partial charge in [0.1, 0.15) is 5.52 Å². The fraction of sp³-hybridized carbons (Fsp3) is 0. The minimum Gasteiger partial charge on any atom is -0.309 e. The Labute approximate surface area is 262 Å². The van der Waals surface area contributed by atoms with Crippen LogP contribution in [0.15, 0.2) is 146 Å². The van der Waals surface area contributed by atoms with E-state index in [9.17, 15) is 0 Å². The highest BCUT2D eigenvalue weighted by molar-refractivity contribution is 6.29. The predicted molar refractivity (Wildman–Crippen MR) is 191 cm³/mol. The third-order valence-corrected chi connectivity index (χ3v) is 9.79. The van der Waals surface area contributed by atoms with Gasteiger partial charge in [0.2, 0.25) is 0 Å². The van der Waals surface area contributed by atoms with Crippen molar-refractivity contribution in [2.45, 2.75) is 0 Å². The van der Waals surface area contributed by atoms with E-state index in [4.69, 9.17) is 9.97 Å². The normalized spacial score (nSPS) is 12.3. The zero-order chi connectivity index (χ0) is 29.9. The van der Waals surface area contributed by atoms with Gasteiger partial charge in [-0.3, -0.25) is 4.40 Å². The van der Waals surface area contributed by atoms with Crippen LogP contribution in [0.5, 0.6) is 0 Å². The summed E-state index contributed by atoms with van der Waals surface area (Å²) in [5.41, 5.74) is 12.0. The van der Waals surface area contributed by atoms with Crippen LogP contribution in [0.3, 0.4) is 0 Å². The summed E-state index contributed by atoms with van der Waals surface area (Å²) in [6, 6.07) is 52.3. The largest absolute Gasteiger partial charge is 0.309 e. The summed E-state index contributed by atoms with van der Waals surface area (Å²) in [6.07, 6.45) is 0. The van der Waals surface area contributed by atoms with Crippen LogP contribution in [-0.4, -0.2) is 18.9 Å². The zero-order valence-electron chi connectivity index (χ0n) is 24.6. The molecule has 0 fully saturated rings. The molecule has 0 amide bonds. The van der Waals surface area contributed by atoms with Crippen LogP contribution < -0.4 is 0 Å². The van der Waals surface area contributed by atoms with Gasteiger partial charge >= 0.3 is 0 Å². The van der Waals surface area contributed by atoms with Crippen LogP contribution in [-0.2, 0) is 0 Å². The van der Waals surface area contributed by atoms with Crippen LogP contribution >= 0.6 is 0 Å². The van der Waals surface area contributed by atoms with Gasteiger partial charge in [0.25, 0.3) is 0 Å². The van der Waals surface area contributed by atoms with Crippen molar-refractivity contribution in [3.63, 3.8) is 0 Å². The van der Waals surface area contributed by atoms with Crippen molar-refractivity contribution in [1.29, 1.82) is 0 Å². The lowest BCUT2D eigenvalue weighted by Gasteiger charge is -2.09. The maximum Gasteiger partial charge on any atom is 0.165 e. The highest BCUT2D eigenvalue weighted by Crippen LogP contribution is 2.44. The van der Waals surface area contributed by atoms with E-state index < -0.39 is 0 Å². The van der Waals surface area contributed by atoms with Crippen LogP contribution in [0, 0.1) is 0 Å². The molecule has 0 radical (unpaired) electrons. The van der Waals surface area contributed by atoms with Crippen molar-refractivity contribution in [3.05, 3.63) is 146 Å². The minimum absolute atomic E-state index is 0.905. The molecule has 4 nitrogen and oxygen atoms in total. The number of para-hydroxylation sites is 4. The summed E-state index contributed by atoms with van der Waals surface area (Å²) in [7, 11) is 0. The Morgan fingerprint density at radius 1 is 0.435 bits per heavy atom. The first-order valence-electron chi connectivity index (χ1n) is 15.7. The van der Waals surface area contributed by atoms with Gasteiger partial charge in [-0.25, -0.2) is 9.97 Å². The monoisotopic (exact) mass is 584 g/mol. The van der Waals surface area contributed by atoms with Gasteiger partial charge in [-0.2, -0.15) is 0 Å².